The van der Waals surface area contributed by atoms with Crippen LogP contribution in [0.5, 0.6) is 0 Å². The van der Waals surface area contributed by atoms with Crippen LogP contribution in [0.3, 0.4) is 0 Å². The van der Waals surface area contributed by atoms with Gasteiger partial charge in [-0.25, -0.2) is 9.78 Å². The second kappa shape index (κ2) is 4.33. The maximum absolute atomic E-state index is 11.3. The SMILES string of the molecule is Cn1cncc1CNC(=O)OC(C)(C)C. The Hall–Kier alpha value is -1.52. The van der Waals surface area contributed by atoms with E-state index in [4.69, 9.17) is 4.74 Å². The first-order chi connectivity index (χ1) is 6.88. The molecule has 0 saturated carbocycles. The van der Waals surface area contributed by atoms with E-state index in [1.165, 1.54) is 0 Å². The van der Waals surface area contributed by atoms with Crippen molar-refractivity contribution in [3.05, 3.63) is 18.2 Å². The Bertz CT molecular complexity index is 339. The van der Waals surface area contributed by atoms with Crippen LogP contribution in [0, 0.1) is 0 Å². The van der Waals surface area contributed by atoms with Crippen LogP contribution in [0.4, 0.5) is 4.79 Å². The van der Waals surface area contributed by atoms with Crippen LogP contribution in [0.25, 0.3) is 0 Å². The molecular formula is C10H17N3O2. The highest BCUT2D eigenvalue weighted by molar-refractivity contribution is 5.67. The fourth-order valence-corrected chi connectivity index (χ4v) is 1.03. The summed E-state index contributed by atoms with van der Waals surface area (Å²) in [5.41, 5.74) is 0.470. The molecule has 15 heavy (non-hydrogen) atoms. The summed E-state index contributed by atoms with van der Waals surface area (Å²) >= 11 is 0. The molecule has 0 spiro atoms. The quantitative estimate of drug-likeness (QED) is 0.805. The van der Waals surface area contributed by atoms with Crippen LogP contribution in [0.1, 0.15) is 26.5 Å². The number of nitrogens with zero attached hydrogens (tertiary/aromatic N) is 2. The van der Waals surface area contributed by atoms with Crippen molar-refractivity contribution in [3.8, 4) is 0 Å². The molecule has 0 fully saturated rings. The van der Waals surface area contributed by atoms with E-state index in [1.54, 1.807) is 12.5 Å². The molecule has 0 aromatic carbocycles. The molecule has 0 bridgehead atoms. The van der Waals surface area contributed by atoms with Gasteiger partial charge in [-0.1, -0.05) is 0 Å². The summed E-state index contributed by atoms with van der Waals surface area (Å²) in [6.07, 6.45) is 2.98. The van der Waals surface area contributed by atoms with Crippen molar-refractivity contribution in [3.63, 3.8) is 0 Å². The zero-order chi connectivity index (χ0) is 11.5. The van der Waals surface area contributed by atoms with Crippen molar-refractivity contribution >= 4 is 6.09 Å². The molecule has 1 amide bonds. The predicted molar refractivity (Wildman–Crippen MR) is 56.3 cm³/mol. The molecule has 1 N–H and O–H groups in total. The van der Waals surface area contributed by atoms with Gasteiger partial charge in [0.05, 0.1) is 18.6 Å². The molecule has 1 rings (SSSR count). The Morgan fingerprint density at radius 3 is 2.73 bits per heavy atom. The van der Waals surface area contributed by atoms with Gasteiger partial charge in [-0.15, -0.1) is 0 Å². The minimum atomic E-state index is -0.462. The topological polar surface area (TPSA) is 56.2 Å². The van der Waals surface area contributed by atoms with Crippen LogP contribution in [0.15, 0.2) is 12.5 Å². The molecular weight excluding hydrogens is 194 g/mol. The zero-order valence-corrected chi connectivity index (χ0v) is 9.57. The second-order valence-corrected chi connectivity index (χ2v) is 4.35. The van der Waals surface area contributed by atoms with Crippen LogP contribution >= 0.6 is 0 Å². The first-order valence-electron chi connectivity index (χ1n) is 4.80. The van der Waals surface area contributed by atoms with Crippen LogP contribution in [-0.4, -0.2) is 21.2 Å². The van der Waals surface area contributed by atoms with E-state index < -0.39 is 11.7 Å². The van der Waals surface area contributed by atoms with Gasteiger partial charge in [0.25, 0.3) is 0 Å². The van der Waals surface area contributed by atoms with E-state index in [-0.39, 0.29) is 0 Å². The standard InChI is InChI=1S/C10H17N3O2/c1-10(2,3)15-9(14)12-6-8-5-11-7-13(8)4/h5,7H,6H2,1-4H3,(H,12,14). The lowest BCUT2D eigenvalue weighted by atomic mass is 10.2. The molecule has 5 nitrogen and oxygen atoms in total. The summed E-state index contributed by atoms with van der Waals surface area (Å²) in [7, 11) is 1.87. The minimum absolute atomic E-state index is 0.413. The van der Waals surface area contributed by atoms with Gasteiger partial charge in [-0.2, -0.15) is 0 Å². The number of carbonyl (C=O) groups excluding carboxylic acids is 1. The number of hydrogen-bond donors (Lipinski definition) is 1. The molecule has 0 saturated heterocycles. The van der Waals surface area contributed by atoms with E-state index in [1.807, 2.05) is 32.4 Å². The normalized spacial score (nSPS) is 11.2. The molecule has 0 atom stereocenters. The summed E-state index contributed by atoms with van der Waals surface area (Å²) in [5, 5.41) is 2.66. The number of alkyl carbamates (subject to hydrolysis) is 1. The first-order valence-corrected chi connectivity index (χ1v) is 4.80. The molecule has 1 aromatic heterocycles. The summed E-state index contributed by atoms with van der Waals surface area (Å²) in [5.74, 6) is 0. The summed E-state index contributed by atoms with van der Waals surface area (Å²) in [4.78, 5) is 15.2. The van der Waals surface area contributed by atoms with Gasteiger partial charge in [0.1, 0.15) is 5.60 Å². The molecule has 0 aliphatic heterocycles. The second-order valence-electron chi connectivity index (χ2n) is 4.35. The Kier molecular flexibility index (Phi) is 3.34. The van der Waals surface area contributed by atoms with Gasteiger partial charge in [-0.05, 0) is 20.8 Å². The molecule has 0 unspecified atom stereocenters. The maximum Gasteiger partial charge on any atom is 0.407 e. The molecule has 0 aliphatic carbocycles. The van der Waals surface area contributed by atoms with Crippen molar-refractivity contribution in [1.82, 2.24) is 14.9 Å². The highest BCUT2D eigenvalue weighted by atomic mass is 16.6. The maximum atomic E-state index is 11.3. The third-order valence-corrected chi connectivity index (χ3v) is 1.73. The summed E-state index contributed by atoms with van der Waals surface area (Å²) in [6.45, 7) is 5.91. The number of imidazole rings is 1. The van der Waals surface area contributed by atoms with E-state index in [9.17, 15) is 4.79 Å². The lowest BCUT2D eigenvalue weighted by Crippen LogP contribution is -2.32. The number of aromatic nitrogens is 2. The van der Waals surface area contributed by atoms with E-state index >= 15 is 0 Å². The lowest BCUT2D eigenvalue weighted by molar-refractivity contribution is 0.0522. The van der Waals surface area contributed by atoms with E-state index in [2.05, 4.69) is 10.3 Å². The van der Waals surface area contributed by atoms with Crippen molar-refractivity contribution in [2.75, 3.05) is 0 Å². The minimum Gasteiger partial charge on any atom is -0.444 e. The molecule has 84 valence electrons. The van der Waals surface area contributed by atoms with Crippen LogP contribution < -0.4 is 5.32 Å². The fourth-order valence-electron chi connectivity index (χ4n) is 1.03. The average Bonchev–Trinajstić information content (AvgIpc) is 2.44. The zero-order valence-electron chi connectivity index (χ0n) is 9.57. The predicted octanol–water partition coefficient (Wildman–Crippen LogP) is 1.44. The third kappa shape index (κ3) is 4.01. The smallest absolute Gasteiger partial charge is 0.407 e. The fraction of sp³-hybridized carbons (Fsp3) is 0.600. The number of rotatable bonds is 2. The largest absolute Gasteiger partial charge is 0.444 e. The molecule has 0 aliphatic rings. The summed E-state index contributed by atoms with van der Waals surface area (Å²) in [6, 6.07) is 0. The van der Waals surface area contributed by atoms with Gasteiger partial charge < -0.3 is 14.6 Å². The van der Waals surface area contributed by atoms with Gasteiger partial charge in [0, 0.05) is 13.2 Å². The van der Waals surface area contributed by atoms with Crippen molar-refractivity contribution in [2.24, 2.45) is 7.05 Å². The van der Waals surface area contributed by atoms with E-state index in [0.29, 0.717) is 6.54 Å². The number of nitrogens with one attached hydrogen (secondary N) is 1. The first kappa shape index (κ1) is 11.6. The lowest BCUT2D eigenvalue weighted by Gasteiger charge is -2.19. The molecule has 5 heteroatoms. The number of hydrogen-bond acceptors (Lipinski definition) is 3. The number of carbonyl (C=O) groups is 1. The van der Waals surface area contributed by atoms with Gasteiger partial charge >= 0.3 is 6.09 Å². The van der Waals surface area contributed by atoms with Gasteiger partial charge in [0.2, 0.25) is 0 Å². The monoisotopic (exact) mass is 211 g/mol. The van der Waals surface area contributed by atoms with Crippen LogP contribution in [0.2, 0.25) is 0 Å². The average molecular weight is 211 g/mol. The Balaban J connectivity index is 2.38. The van der Waals surface area contributed by atoms with Gasteiger partial charge in [-0.3, -0.25) is 0 Å². The number of aryl methyl sites for hydroxylation is 1. The highest BCUT2D eigenvalue weighted by Crippen LogP contribution is 2.06. The molecule has 0 radical (unpaired) electrons. The highest BCUT2D eigenvalue weighted by Gasteiger charge is 2.15. The van der Waals surface area contributed by atoms with Crippen molar-refractivity contribution in [1.29, 1.82) is 0 Å². The number of ether oxygens (including phenoxy) is 1. The van der Waals surface area contributed by atoms with Gasteiger partial charge in [0.15, 0.2) is 0 Å². The Morgan fingerprint density at radius 1 is 1.60 bits per heavy atom. The Morgan fingerprint density at radius 2 is 2.27 bits per heavy atom. The Labute approximate surface area is 89.4 Å². The van der Waals surface area contributed by atoms with Crippen molar-refractivity contribution in [2.45, 2.75) is 32.9 Å². The third-order valence-electron chi connectivity index (χ3n) is 1.73. The summed E-state index contributed by atoms with van der Waals surface area (Å²) < 4.78 is 6.94. The molecule has 1 heterocycles. The van der Waals surface area contributed by atoms with Crippen molar-refractivity contribution < 1.29 is 9.53 Å². The number of amides is 1. The van der Waals surface area contributed by atoms with Crippen LogP contribution in [-0.2, 0) is 18.3 Å². The molecule has 1 aromatic rings. The van der Waals surface area contributed by atoms with E-state index in [0.717, 1.165) is 5.69 Å².